The second-order valence-corrected chi connectivity index (χ2v) is 9.48. The first-order valence-corrected chi connectivity index (χ1v) is 10.5. The summed E-state index contributed by atoms with van der Waals surface area (Å²) in [7, 11) is 2.97. The molecular formula is C22H23ClN2O8. The van der Waals surface area contributed by atoms with Gasteiger partial charge in [-0.2, -0.15) is 0 Å². The average Bonchev–Trinajstić information content (AvgIpc) is 2.69. The number of carbonyl (C=O) groups is 3. The van der Waals surface area contributed by atoms with Gasteiger partial charge in [-0.15, -0.1) is 0 Å². The van der Waals surface area contributed by atoms with Crippen LogP contribution in [0.3, 0.4) is 0 Å². The molecule has 1 fully saturated rings. The SMILES string of the molecule is CN(C)[C@@H]1C(=O)C(C(N)=O)=C(O)[C@]2(O)C(=O)C3=C(O)c4c(O)ccc(Cl)c4[C@](C)(O)[C@H]3C[C@@H]12. The van der Waals surface area contributed by atoms with Crippen molar-refractivity contribution in [3.63, 3.8) is 0 Å². The minimum Gasteiger partial charge on any atom is -0.508 e. The molecule has 10 nitrogen and oxygen atoms in total. The quantitative estimate of drug-likeness (QED) is 0.325. The van der Waals surface area contributed by atoms with E-state index in [2.05, 4.69) is 0 Å². The normalized spacial score (nSPS) is 33.7. The largest absolute Gasteiger partial charge is 0.508 e. The van der Waals surface area contributed by atoms with Gasteiger partial charge in [-0.1, -0.05) is 11.6 Å². The Hall–Kier alpha value is -2.92. The van der Waals surface area contributed by atoms with Gasteiger partial charge in [0.15, 0.2) is 11.4 Å². The summed E-state index contributed by atoms with van der Waals surface area (Å²) >= 11 is 6.28. The lowest BCUT2D eigenvalue weighted by Crippen LogP contribution is -2.67. The molecule has 33 heavy (non-hydrogen) atoms. The van der Waals surface area contributed by atoms with E-state index in [0.29, 0.717) is 0 Å². The summed E-state index contributed by atoms with van der Waals surface area (Å²) in [6.07, 6.45) is -0.259. The molecule has 0 unspecified atom stereocenters. The fourth-order valence-corrected chi connectivity index (χ4v) is 5.93. The third-order valence-electron chi connectivity index (χ3n) is 7.07. The molecule has 4 rings (SSSR count). The number of phenolic OH excluding ortho intramolecular Hbond substituents is 1. The molecule has 0 heterocycles. The molecule has 1 aromatic carbocycles. The highest BCUT2D eigenvalue weighted by Crippen LogP contribution is 2.58. The van der Waals surface area contributed by atoms with Crippen molar-refractivity contribution < 1.29 is 39.9 Å². The van der Waals surface area contributed by atoms with Gasteiger partial charge >= 0.3 is 0 Å². The zero-order chi connectivity index (χ0) is 24.8. The Kier molecular flexibility index (Phi) is 4.96. The minimum atomic E-state index is -2.78. The van der Waals surface area contributed by atoms with Crippen LogP contribution in [0.4, 0.5) is 0 Å². The monoisotopic (exact) mass is 478 g/mol. The summed E-state index contributed by atoms with van der Waals surface area (Å²) in [6, 6.07) is 1.24. The number of nitrogens with zero attached hydrogens (tertiary/aromatic N) is 1. The molecule has 11 heteroatoms. The van der Waals surface area contributed by atoms with Gasteiger partial charge in [0, 0.05) is 28.0 Å². The smallest absolute Gasteiger partial charge is 0.255 e. The first-order valence-electron chi connectivity index (χ1n) is 10.1. The Bertz CT molecular complexity index is 1200. The molecule has 176 valence electrons. The van der Waals surface area contributed by atoms with Crippen LogP contribution in [-0.2, 0) is 20.0 Å². The van der Waals surface area contributed by atoms with Crippen molar-refractivity contribution in [2.45, 2.75) is 30.6 Å². The lowest BCUT2D eigenvalue weighted by molar-refractivity contribution is -0.159. The maximum atomic E-state index is 13.7. The zero-order valence-corrected chi connectivity index (χ0v) is 18.7. The van der Waals surface area contributed by atoms with Gasteiger partial charge in [-0.3, -0.25) is 19.3 Å². The molecule has 5 atom stereocenters. The first kappa shape index (κ1) is 23.2. The fraction of sp³-hybridized carbons (Fsp3) is 0.409. The molecule has 3 aliphatic rings. The van der Waals surface area contributed by atoms with Gasteiger partial charge in [-0.25, -0.2) is 0 Å². The molecule has 0 radical (unpaired) electrons. The third kappa shape index (κ3) is 2.75. The van der Waals surface area contributed by atoms with Crippen LogP contribution in [0.15, 0.2) is 29.0 Å². The number of benzene rings is 1. The zero-order valence-electron chi connectivity index (χ0n) is 18.0. The highest BCUT2D eigenvalue weighted by Gasteiger charge is 2.66. The summed E-state index contributed by atoms with van der Waals surface area (Å²) in [5.74, 6) is -8.30. The van der Waals surface area contributed by atoms with Crippen molar-refractivity contribution in [1.82, 2.24) is 4.90 Å². The molecule has 1 saturated carbocycles. The van der Waals surface area contributed by atoms with Crippen LogP contribution < -0.4 is 5.73 Å². The number of aliphatic hydroxyl groups excluding tert-OH is 2. The molecular weight excluding hydrogens is 456 g/mol. The molecule has 3 aliphatic carbocycles. The van der Waals surface area contributed by atoms with Crippen molar-refractivity contribution in [3.8, 4) is 5.75 Å². The number of hydrogen-bond donors (Lipinski definition) is 6. The predicted octanol–water partition coefficient (Wildman–Crippen LogP) is 0.282. The Labute approximate surface area is 193 Å². The minimum absolute atomic E-state index is 0.0187. The maximum Gasteiger partial charge on any atom is 0.255 e. The van der Waals surface area contributed by atoms with E-state index in [-0.39, 0.29) is 22.6 Å². The summed E-state index contributed by atoms with van der Waals surface area (Å²) < 4.78 is 0. The lowest BCUT2D eigenvalue weighted by atomic mass is 9.54. The molecule has 0 aromatic heterocycles. The molecule has 1 amide bonds. The highest BCUT2D eigenvalue weighted by molar-refractivity contribution is 6.32. The molecule has 0 saturated heterocycles. The number of fused-ring (bicyclic) bond motifs is 3. The molecule has 1 aromatic rings. The third-order valence-corrected chi connectivity index (χ3v) is 7.39. The van der Waals surface area contributed by atoms with Crippen LogP contribution in [0.25, 0.3) is 5.76 Å². The summed E-state index contributed by atoms with van der Waals surface area (Å²) in [5, 5.41) is 55.2. The topological polar surface area (TPSA) is 182 Å². The van der Waals surface area contributed by atoms with Crippen LogP contribution in [0.2, 0.25) is 5.02 Å². The van der Waals surface area contributed by atoms with Crippen molar-refractivity contribution in [2.24, 2.45) is 17.6 Å². The first-order chi connectivity index (χ1) is 15.2. The fourth-order valence-electron chi connectivity index (χ4n) is 5.58. The number of nitrogens with two attached hydrogens (primary N) is 1. The second-order valence-electron chi connectivity index (χ2n) is 9.08. The number of likely N-dealkylation sites (N-methyl/N-ethyl adjacent to an activating group) is 1. The van der Waals surface area contributed by atoms with E-state index in [1.165, 1.54) is 38.1 Å². The van der Waals surface area contributed by atoms with Gasteiger partial charge in [-0.05, 0) is 39.6 Å². The van der Waals surface area contributed by atoms with E-state index in [1.54, 1.807) is 0 Å². The van der Waals surface area contributed by atoms with Crippen molar-refractivity contribution in [1.29, 1.82) is 0 Å². The van der Waals surface area contributed by atoms with Gasteiger partial charge < -0.3 is 31.3 Å². The van der Waals surface area contributed by atoms with E-state index in [0.717, 1.165) is 0 Å². The molecule has 0 spiro atoms. The second kappa shape index (κ2) is 7.04. The van der Waals surface area contributed by atoms with Crippen LogP contribution in [0, 0.1) is 11.8 Å². The Morgan fingerprint density at radius 2 is 1.79 bits per heavy atom. The standard InChI is InChI=1S/C22H23ClN2O8/c1-21(32)7-6-8-15(25(2)3)17(28)13(20(24)31)19(30)22(8,33)18(29)11(7)16(27)12-10(26)5-4-9(23)14(12)21/h4-5,7-8,15,26-27,30,32-33H,6H2,1-3H3,(H2,24,31)/t7-,8-,15-,21+,22+/m0/s1. The van der Waals surface area contributed by atoms with Gasteiger partial charge in [0.2, 0.25) is 5.78 Å². The number of phenols is 1. The van der Waals surface area contributed by atoms with Crippen molar-refractivity contribution in [3.05, 3.63) is 45.2 Å². The number of ketones is 2. The Balaban J connectivity index is 2.07. The Morgan fingerprint density at radius 3 is 2.33 bits per heavy atom. The number of rotatable bonds is 2. The van der Waals surface area contributed by atoms with E-state index >= 15 is 0 Å². The van der Waals surface area contributed by atoms with Gasteiger partial charge in [0.1, 0.15) is 22.8 Å². The number of aromatic hydroxyl groups is 1. The number of amides is 1. The number of hydrogen-bond acceptors (Lipinski definition) is 9. The van der Waals surface area contributed by atoms with Crippen LogP contribution in [0.5, 0.6) is 5.75 Å². The summed E-state index contributed by atoms with van der Waals surface area (Å²) in [6.45, 7) is 1.34. The van der Waals surface area contributed by atoms with Gasteiger partial charge in [0.25, 0.3) is 5.91 Å². The van der Waals surface area contributed by atoms with E-state index in [4.69, 9.17) is 17.3 Å². The van der Waals surface area contributed by atoms with Crippen molar-refractivity contribution >= 4 is 34.8 Å². The van der Waals surface area contributed by atoms with E-state index in [1.807, 2.05) is 0 Å². The summed E-state index contributed by atoms with van der Waals surface area (Å²) in [4.78, 5) is 40.1. The predicted molar refractivity (Wildman–Crippen MR) is 115 cm³/mol. The lowest BCUT2D eigenvalue weighted by Gasteiger charge is -2.53. The van der Waals surface area contributed by atoms with Gasteiger partial charge in [0.05, 0.1) is 17.2 Å². The maximum absolute atomic E-state index is 13.7. The number of Topliss-reactive ketones (excluding diaryl/α,β-unsaturated/α-hetero) is 2. The van der Waals surface area contributed by atoms with E-state index in [9.17, 15) is 39.9 Å². The number of aliphatic hydroxyl groups is 4. The number of primary amides is 1. The van der Waals surface area contributed by atoms with Crippen LogP contribution >= 0.6 is 11.6 Å². The number of carbonyl (C=O) groups excluding carboxylic acids is 3. The molecule has 0 aliphatic heterocycles. The summed E-state index contributed by atoms with van der Waals surface area (Å²) in [5.41, 5.74) is -1.10. The highest BCUT2D eigenvalue weighted by atomic mass is 35.5. The number of halogens is 1. The average molecular weight is 479 g/mol. The van der Waals surface area contributed by atoms with Crippen LogP contribution in [-0.4, -0.2) is 73.6 Å². The molecule has 0 bridgehead atoms. The van der Waals surface area contributed by atoms with Crippen LogP contribution in [0.1, 0.15) is 24.5 Å². The molecule has 7 N–H and O–H groups in total. The Morgan fingerprint density at radius 1 is 1.18 bits per heavy atom. The van der Waals surface area contributed by atoms with E-state index < -0.39 is 75.0 Å². The van der Waals surface area contributed by atoms with Crippen molar-refractivity contribution in [2.75, 3.05) is 14.1 Å².